The Morgan fingerprint density at radius 2 is 0.955 bits per heavy atom. The Labute approximate surface area is 143 Å². The van der Waals surface area contributed by atoms with E-state index >= 15 is 0 Å². The Morgan fingerprint density at radius 1 is 0.636 bits per heavy atom. The van der Waals surface area contributed by atoms with E-state index in [0.29, 0.717) is 0 Å². The molecule has 0 atom stereocenters. The van der Waals surface area contributed by atoms with Gasteiger partial charge in [-0.15, -0.1) is 0 Å². The zero-order valence-electron chi connectivity index (χ0n) is 14.3. The van der Waals surface area contributed by atoms with Gasteiger partial charge in [-0.25, -0.2) is 0 Å². The van der Waals surface area contributed by atoms with Gasteiger partial charge in [-0.05, 0) is 0 Å². The minimum absolute atomic E-state index is 1.21. The van der Waals surface area contributed by atoms with Crippen molar-refractivity contribution >= 4 is 21.4 Å². The van der Waals surface area contributed by atoms with Crippen LogP contribution >= 0.6 is 0 Å². The molecule has 0 aromatic rings. The predicted octanol–water partition coefficient (Wildman–Crippen LogP) is 6.10. The summed E-state index contributed by atoms with van der Waals surface area (Å²) in [6, 6.07) is 0. The van der Waals surface area contributed by atoms with Gasteiger partial charge in [0.05, 0.1) is 0 Å². The first-order valence-electron chi connectivity index (χ1n) is 8.95. The molecule has 0 heterocycles. The Morgan fingerprint density at radius 3 is 1.23 bits per heavy atom. The fourth-order valence-electron chi connectivity index (χ4n) is 4.27. The van der Waals surface area contributed by atoms with Gasteiger partial charge in [-0.3, -0.25) is 0 Å². The molecule has 0 amide bonds. The molecule has 0 aromatic carbocycles. The standard InChI is InChI=1S/3C7H9.In/c3*1-2-7-5-3-4-6-7;/h3*3,5H,2,4H2,1H3;. The van der Waals surface area contributed by atoms with Crippen LogP contribution < -0.4 is 0 Å². The predicted molar refractivity (Wildman–Crippen MR) is 99.0 cm³/mol. The van der Waals surface area contributed by atoms with Crippen molar-refractivity contribution in [2.45, 2.75) is 59.3 Å². The van der Waals surface area contributed by atoms with E-state index in [2.05, 4.69) is 57.2 Å². The summed E-state index contributed by atoms with van der Waals surface area (Å²) in [5.41, 5.74) is 5.02. The van der Waals surface area contributed by atoms with Crippen molar-refractivity contribution < 1.29 is 0 Å². The molecule has 0 aliphatic heterocycles. The Kier molecular flexibility index (Phi) is 5.33. The quantitative estimate of drug-likeness (QED) is 0.511. The zero-order valence-corrected chi connectivity index (χ0v) is 17.6. The van der Waals surface area contributed by atoms with E-state index in [-0.39, 0.29) is 0 Å². The van der Waals surface area contributed by atoms with Gasteiger partial charge in [0, 0.05) is 0 Å². The Hall–Kier alpha value is -0.690. The van der Waals surface area contributed by atoms with E-state index in [0.717, 1.165) is 0 Å². The second kappa shape index (κ2) is 7.25. The average molecular weight is 394 g/mol. The topological polar surface area (TPSA) is 0 Å². The normalized spacial score (nSPS) is 20.3. The molecule has 0 fully saturated rings. The summed E-state index contributed by atoms with van der Waals surface area (Å²) in [7, 11) is 0. The molecule has 0 saturated heterocycles. The first-order valence-corrected chi connectivity index (χ1v) is 13.9. The summed E-state index contributed by atoms with van der Waals surface area (Å²) in [6.07, 6.45) is 21.9. The van der Waals surface area contributed by atoms with Gasteiger partial charge < -0.3 is 0 Å². The minimum atomic E-state index is -2.05. The molecule has 0 spiro atoms. The van der Waals surface area contributed by atoms with Crippen LogP contribution in [0.5, 0.6) is 0 Å². The van der Waals surface area contributed by atoms with Crippen molar-refractivity contribution in [1.82, 2.24) is 0 Å². The summed E-state index contributed by atoms with van der Waals surface area (Å²) in [5, 5.41) is 0. The van der Waals surface area contributed by atoms with Gasteiger partial charge in [0.15, 0.2) is 0 Å². The van der Waals surface area contributed by atoms with Crippen molar-refractivity contribution in [3.8, 4) is 0 Å². The second-order valence-electron chi connectivity index (χ2n) is 6.46. The summed E-state index contributed by atoms with van der Waals surface area (Å²) in [6.45, 7) is 6.99. The molecule has 114 valence electrons. The van der Waals surface area contributed by atoms with E-state index < -0.39 is 21.4 Å². The molecule has 3 aliphatic rings. The van der Waals surface area contributed by atoms with E-state index in [1.54, 1.807) is 16.7 Å². The summed E-state index contributed by atoms with van der Waals surface area (Å²) in [4.78, 5) is 0. The fraction of sp³-hybridized carbons (Fsp3) is 0.429. The van der Waals surface area contributed by atoms with Gasteiger partial charge >= 0.3 is 144 Å². The third kappa shape index (κ3) is 2.89. The number of hydrogen-bond donors (Lipinski definition) is 0. The third-order valence-electron chi connectivity index (χ3n) is 5.40. The van der Waals surface area contributed by atoms with Crippen LogP contribution in [0.1, 0.15) is 59.3 Å². The molecule has 0 nitrogen and oxygen atoms in total. The zero-order chi connectivity index (χ0) is 15.5. The van der Waals surface area contributed by atoms with Gasteiger partial charge in [0.25, 0.3) is 0 Å². The van der Waals surface area contributed by atoms with Crippen LogP contribution in [0.4, 0.5) is 0 Å². The maximum atomic E-state index is 2.42. The summed E-state index contributed by atoms with van der Waals surface area (Å²) in [5.74, 6) is 0. The molecule has 0 saturated carbocycles. The molecule has 3 rings (SSSR count). The van der Waals surface area contributed by atoms with Crippen LogP contribution in [0, 0.1) is 0 Å². The molecule has 0 radical (unpaired) electrons. The van der Waals surface area contributed by atoms with Crippen LogP contribution in [0.3, 0.4) is 0 Å². The van der Waals surface area contributed by atoms with E-state index in [1.165, 1.54) is 38.5 Å². The van der Waals surface area contributed by atoms with E-state index in [4.69, 9.17) is 0 Å². The molecule has 0 unspecified atom stereocenters. The van der Waals surface area contributed by atoms with Gasteiger partial charge in [0.2, 0.25) is 0 Å². The van der Waals surface area contributed by atoms with Gasteiger partial charge in [-0.2, -0.15) is 0 Å². The van der Waals surface area contributed by atoms with Crippen molar-refractivity contribution in [2.24, 2.45) is 0 Å². The van der Waals surface area contributed by atoms with E-state index in [9.17, 15) is 0 Å². The average Bonchev–Trinajstić information content (AvgIpc) is 3.28. The Balaban J connectivity index is 2.09. The Bertz CT molecular complexity index is 544. The molecular weight excluding hydrogens is 367 g/mol. The fourth-order valence-corrected chi connectivity index (χ4v) is 16.8. The first kappa shape index (κ1) is 16.2. The first-order chi connectivity index (χ1) is 10.8. The molecule has 3 aliphatic carbocycles. The van der Waals surface area contributed by atoms with Crippen LogP contribution in [-0.4, -0.2) is 21.4 Å². The number of allylic oxidation sites excluding steroid dienone is 12. The maximum absolute atomic E-state index is 2.42. The molecule has 0 N–H and O–H groups in total. The van der Waals surface area contributed by atoms with Gasteiger partial charge in [0.1, 0.15) is 0 Å². The van der Waals surface area contributed by atoms with Crippen molar-refractivity contribution in [3.05, 3.63) is 63.2 Å². The molecule has 1 heteroatoms. The van der Waals surface area contributed by atoms with Crippen molar-refractivity contribution in [3.63, 3.8) is 0 Å². The second-order valence-corrected chi connectivity index (χ2v) is 14.9. The number of rotatable bonds is 6. The molecule has 0 aromatic heterocycles. The van der Waals surface area contributed by atoms with Crippen LogP contribution in [0.2, 0.25) is 0 Å². The van der Waals surface area contributed by atoms with Crippen molar-refractivity contribution in [1.29, 1.82) is 0 Å². The van der Waals surface area contributed by atoms with Crippen molar-refractivity contribution in [2.75, 3.05) is 0 Å². The van der Waals surface area contributed by atoms with Crippen LogP contribution in [0.25, 0.3) is 0 Å². The molecular formula is C21H27In. The van der Waals surface area contributed by atoms with E-state index in [1.807, 2.05) is 9.99 Å². The third-order valence-corrected chi connectivity index (χ3v) is 16.6. The van der Waals surface area contributed by atoms with Gasteiger partial charge in [-0.1, -0.05) is 0 Å². The SMILES string of the molecule is CCC1=[C]([In]([C]2=C(CC)C=CC2)[C]2=C(CC)C=CC2)CC=C1. The van der Waals surface area contributed by atoms with Crippen LogP contribution in [-0.2, 0) is 0 Å². The van der Waals surface area contributed by atoms with Crippen LogP contribution in [0.15, 0.2) is 63.2 Å². The molecule has 0 bridgehead atoms. The summed E-state index contributed by atoms with van der Waals surface area (Å²) < 4.78 is 5.66. The summed E-state index contributed by atoms with van der Waals surface area (Å²) >= 11 is -2.05. The molecule has 22 heavy (non-hydrogen) atoms. The monoisotopic (exact) mass is 394 g/mol. The number of hydrogen-bond acceptors (Lipinski definition) is 0.